The average Bonchev–Trinajstić information content (AvgIpc) is 2.43. The molecular formula is C16H11O2. The molecular weight excluding hydrogens is 224 g/mol. The van der Waals surface area contributed by atoms with Gasteiger partial charge < -0.3 is 4.74 Å². The Morgan fingerprint density at radius 2 is 1.67 bits per heavy atom. The van der Waals surface area contributed by atoms with E-state index in [4.69, 9.17) is 4.74 Å². The van der Waals surface area contributed by atoms with Gasteiger partial charge in [-0.05, 0) is 45.8 Å². The Hall–Kier alpha value is -2.35. The van der Waals surface area contributed by atoms with Crippen LogP contribution in [-0.4, -0.2) is 13.4 Å². The second kappa shape index (κ2) is 4.15. The van der Waals surface area contributed by atoms with Gasteiger partial charge in [0, 0.05) is 5.56 Å². The number of hydrogen-bond acceptors (Lipinski definition) is 2. The van der Waals surface area contributed by atoms with E-state index in [1.165, 1.54) is 0 Å². The van der Waals surface area contributed by atoms with Gasteiger partial charge in [0.25, 0.3) is 0 Å². The highest BCUT2D eigenvalue weighted by Gasteiger charge is 2.06. The molecule has 3 rings (SSSR count). The lowest BCUT2D eigenvalue weighted by Crippen LogP contribution is -1.89. The Labute approximate surface area is 105 Å². The van der Waals surface area contributed by atoms with Gasteiger partial charge in [-0.15, -0.1) is 0 Å². The number of carbonyl (C=O) groups excluding carboxylic acids is 1. The van der Waals surface area contributed by atoms with Gasteiger partial charge in [0.2, 0.25) is 6.29 Å². The van der Waals surface area contributed by atoms with Crippen LogP contribution in [0.5, 0.6) is 5.75 Å². The summed E-state index contributed by atoms with van der Waals surface area (Å²) in [6.45, 7) is 0. The Morgan fingerprint density at radius 1 is 0.944 bits per heavy atom. The molecule has 2 nitrogen and oxygen atoms in total. The number of methoxy groups -OCH3 is 1. The minimum atomic E-state index is 0.537. The van der Waals surface area contributed by atoms with Crippen molar-refractivity contribution in [3.05, 3.63) is 54.1 Å². The van der Waals surface area contributed by atoms with Gasteiger partial charge in [0.15, 0.2) is 0 Å². The van der Waals surface area contributed by atoms with Crippen LogP contribution in [0, 0.1) is 0 Å². The van der Waals surface area contributed by atoms with Crippen LogP contribution in [0.3, 0.4) is 0 Å². The minimum Gasteiger partial charge on any atom is -0.497 e. The van der Waals surface area contributed by atoms with Gasteiger partial charge in [-0.3, -0.25) is 4.79 Å². The fraction of sp³-hybridized carbons (Fsp3) is 0.0625. The lowest BCUT2D eigenvalue weighted by atomic mass is 10.00. The van der Waals surface area contributed by atoms with Gasteiger partial charge in [-0.25, -0.2) is 0 Å². The summed E-state index contributed by atoms with van der Waals surface area (Å²) in [5, 5.41) is 4.16. The molecule has 18 heavy (non-hydrogen) atoms. The van der Waals surface area contributed by atoms with Crippen LogP contribution in [0.25, 0.3) is 21.5 Å². The third-order valence-corrected chi connectivity index (χ3v) is 3.14. The molecule has 0 heterocycles. The monoisotopic (exact) mass is 235 g/mol. The summed E-state index contributed by atoms with van der Waals surface area (Å²) in [6, 6.07) is 15.8. The molecule has 2 heteroatoms. The fourth-order valence-corrected chi connectivity index (χ4v) is 2.23. The summed E-state index contributed by atoms with van der Waals surface area (Å²) >= 11 is 0. The highest BCUT2D eigenvalue weighted by Crippen LogP contribution is 2.28. The number of hydrogen-bond donors (Lipinski definition) is 0. The molecule has 0 unspecified atom stereocenters. The molecule has 0 saturated carbocycles. The molecule has 0 fully saturated rings. The minimum absolute atomic E-state index is 0.537. The number of fused-ring (bicyclic) bond motifs is 2. The Bertz CT molecular complexity index is 745. The van der Waals surface area contributed by atoms with E-state index in [1.807, 2.05) is 36.6 Å². The maximum absolute atomic E-state index is 11.0. The summed E-state index contributed by atoms with van der Waals surface area (Å²) in [5.41, 5.74) is 0.537. The van der Waals surface area contributed by atoms with Gasteiger partial charge in [0.05, 0.1) is 7.11 Å². The van der Waals surface area contributed by atoms with Crippen LogP contribution in [-0.2, 0) is 4.79 Å². The Morgan fingerprint density at radius 3 is 2.33 bits per heavy atom. The largest absolute Gasteiger partial charge is 0.497 e. The van der Waals surface area contributed by atoms with Crippen LogP contribution < -0.4 is 4.74 Å². The normalized spacial score (nSPS) is 10.7. The smallest absolute Gasteiger partial charge is 0.234 e. The van der Waals surface area contributed by atoms with E-state index in [0.717, 1.165) is 21.5 Å². The second-order valence-corrected chi connectivity index (χ2v) is 4.20. The molecule has 0 atom stereocenters. The van der Waals surface area contributed by atoms with Gasteiger partial charge in [-0.1, -0.05) is 24.3 Å². The second-order valence-electron chi connectivity index (χ2n) is 4.20. The molecule has 0 aromatic heterocycles. The van der Waals surface area contributed by atoms with Crippen molar-refractivity contribution < 1.29 is 9.53 Å². The Balaban J connectivity index is 2.45. The summed E-state index contributed by atoms with van der Waals surface area (Å²) < 4.78 is 5.20. The fourth-order valence-electron chi connectivity index (χ4n) is 2.23. The zero-order chi connectivity index (χ0) is 12.5. The molecule has 0 aliphatic heterocycles. The van der Waals surface area contributed by atoms with E-state index in [9.17, 15) is 4.79 Å². The summed E-state index contributed by atoms with van der Waals surface area (Å²) in [4.78, 5) is 11.0. The molecule has 1 radical (unpaired) electrons. The van der Waals surface area contributed by atoms with Crippen LogP contribution in [0.2, 0.25) is 0 Å². The van der Waals surface area contributed by atoms with Crippen molar-refractivity contribution in [2.75, 3.05) is 7.11 Å². The quantitative estimate of drug-likeness (QED) is 0.636. The van der Waals surface area contributed by atoms with Crippen molar-refractivity contribution in [1.29, 1.82) is 0 Å². The van der Waals surface area contributed by atoms with Crippen molar-refractivity contribution in [3.8, 4) is 5.75 Å². The van der Waals surface area contributed by atoms with Gasteiger partial charge >= 0.3 is 0 Å². The first-order valence-corrected chi connectivity index (χ1v) is 5.70. The first kappa shape index (κ1) is 10.8. The van der Waals surface area contributed by atoms with Crippen molar-refractivity contribution in [2.45, 2.75) is 0 Å². The maximum atomic E-state index is 11.0. The zero-order valence-corrected chi connectivity index (χ0v) is 9.94. The maximum Gasteiger partial charge on any atom is 0.234 e. The van der Waals surface area contributed by atoms with Crippen LogP contribution in [0.1, 0.15) is 5.56 Å². The van der Waals surface area contributed by atoms with E-state index in [-0.39, 0.29) is 0 Å². The van der Waals surface area contributed by atoms with E-state index < -0.39 is 0 Å². The standard InChI is InChI=1S/C16H11O2/c1-18-15-7-13-6-11-4-2-3-5-12(11)9-16(13)14(8-15)10-17/h2-9H,1H3. The molecule has 0 spiro atoms. The third kappa shape index (κ3) is 1.63. The summed E-state index contributed by atoms with van der Waals surface area (Å²) in [5.74, 6) is 0.677. The third-order valence-electron chi connectivity index (χ3n) is 3.14. The van der Waals surface area contributed by atoms with E-state index in [1.54, 1.807) is 13.2 Å². The lowest BCUT2D eigenvalue weighted by molar-refractivity contribution is 0.415. The molecule has 0 saturated heterocycles. The van der Waals surface area contributed by atoms with Crippen molar-refractivity contribution in [1.82, 2.24) is 0 Å². The lowest BCUT2D eigenvalue weighted by Gasteiger charge is -2.07. The van der Waals surface area contributed by atoms with E-state index in [2.05, 4.69) is 12.1 Å². The molecule has 0 bridgehead atoms. The highest BCUT2D eigenvalue weighted by atomic mass is 16.5. The van der Waals surface area contributed by atoms with E-state index in [0.29, 0.717) is 11.3 Å². The summed E-state index contributed by atoms with van der Waals surface area (Å²) in [7, 11) is 1.59. The molecule has 3 aromatic rings. The van der Waals surface area contributed by atoms with Crippen molar-refractivity contribution in [3.63, 3.8) is 0 Å². The number of ether oxygens (including phenoxy) is 1. The predicted octanol–water partition coefficient (Wildman–Crippen LogP) is 3.46. The molecule has 3 aromatic carbocycles. The first-order valence-electron chi connectivity index (χ1n) is 5.70. The predicted molar refractivity (Wildman–Crippen MR) is 72.8 cm³/mol. The highest BCUT2D eigenvalue weighted by molar-refractivity contribution is 6.05. The van der Waals surface area contributed by atoms with Crippen molar-refractivity contribution in [2.24, 2.45) is 0 Å². The number of rotatable bonds is 2. The van der Waals surface area contributed by atoms with Gasteiger partial charge in [0.1, 0.15) is 5.75 Å². The number of benzene rings is 3. The zero-order valence-electron chi connectivity index (χ0n) is 9.94. The summed E-state index contributed by atoms with van der Waals surface area (Å²) in [6.07, 6.45) is 1.98. The molecule has 0 amide bonds. The molecule has 87 valence electrons. The van der Waals surface area contributed by atoms with Gasteiger partial charge in [-0.2, -0.15) is 0 Å². The van der Waals surface area contributed by atoms with E-state index >= 15 is 0 Å². The van der Waals surface area contributed by atoms with Crippen LogP contribution in [0.4, 0.5) is 0 Å². The first-order chi connectivity index (χ1) is 8.81. The van der Waals surface area contributed by atoms with Crippen LogP contribution >= 0.6 is 0 Å². The van der Waals surface area contributed by atoms with Crippen LogP contribution in [0.15, 0.2) is 48.5 Å². The molecule has 0 aliphatic rings. The average molecular weight is 235 g/mol. The van der Waals surface area contributed by atoms with Crippen molar-refractivity contribution >= 4 is 27.8 Å². The molecule has 0 aliphatic carbocycles. The SMILES string of the molecule is COc1cc([C]=O)c2cc3ccccc3cc2c1. The topological polar surface area (TPSA) is 26.3 Å². The molecule has 0 N–H and O–H groups in total. The Kier molecular flexibility index (Phi) is 2.49.